The Bertz CT molecular complexity index is 404. The van der Waals surface area contributed by atoms with Crippen LogP contribution < -0.4 is 0 Å². The molecule has 3 rings (SSSR count). The molecule has 1 fully saturated rings. The van der Waals surface area contributed by atoms with Gasteiger partial charge in [0.15, 0.2) is 0 Å². The zero-order valence-corrected chi connectivity index (χ0v) is 11.6. The summed E-state index contributed by atoms with van der Waals surface area (Å²) in [6.07, 6.45) is 12.8. The molecule has 0 unspecified atom stereocenters. The van der Waals surface area contributed by atoms with Crippen molar-refractivity contribution in [3.8, 4) is 0 Å². The van der Waals surface area contributed by atoms with E-state index < -0.39 is 0 Å². The molecule has 0 spiro atoms. The molecule has 0 amide bonds. The number of hydrogen-bond acceptors (Lipinski definition) is 1. The van der Waals surface area contributed by atoms with Crippen molar-refractivity contribution < 1.29 is 4.79 Å². The highest BCUT2D eigenvalue weighted by Crippen LogP contribution is 2.47. The van der Waals surface area contributed by atoms with Gasteiger partial charge in [0.25, 0.3) is 0 Å². The molecule has 0 bridgehead atoms. The predicted molar refractivity (Wildman–Crippen MR) is 74.1 cm³/mol. The van der Waals surface area contributed by atoms with Gasteiger partial charge in [-0.2, -0.15) is 0 Å². The SMILES string of the molecule is CC[C@H]1CC[C@H]2CC=C(C)[C@H]3C=CC[C@H]3C(=O)[C@H]21. The molecule has 0 saturated heterocycles. The Kier molecular flexibility index (Phi) is 3.17. The summed E-state index contributed by atoms with van der Waals surface area (Å²) in [6.45, 7) is 4.47. The second-order valence-corrected chi connectivity index (χ2v) is 6.41. The first kappa shape index (κ1) is 12.2. The zero-order valence-electron chi connectivity index (χ0n) is 11.6. The third kappa shape index (κ3) is 1.79. The maximum Gasteiger partial charge on any atom is 0.140 e. The van der Waals surface area contributed by atoms with Crippen molar-refractivity contribution in [2.45, 2.75) is 46.0 Å². The molecule has 3 aliphatic rings. The van der Waals surface area contributed by atoms with Crippen LogP contribution >= 0.6 is 0 Å². The fourth-order valence-corrected chi connectivity index (χ4v) is 4.49. The minimum atomic E-state index is 0.265. The normalized spacial score (nSPS) is 43.1. The minimum Gasteiger partial charge on any atom is -0.299 e. The Labute approximate surface area is 110 Å². The van der Waals surface area contributed by atoms with E-state index in [0.29, 0.717) is 29.5 Å². The molecule has 0 aromatic heterocycles. The second kappa shape index (κ2) is 4.68. The van der Waals surface area contributed by atoms with Gasteiger partial charge >= 0.3 is 0 Å². The molecule has 1 nitrogen and oxygen atoms in total. The number of carbonyl (C=O) groups excluding carboxylic acids is 1. The van der Waals surface area contributed by atoms with Crippen molar-refractivity contribution in [2.75, 3.05) is 0 Å². The summed E-state index contributed by atoms with van der Waals surface area (Å²) < 4.78 is 0. The first-order chi connectivity index (χ1) is 8.72. The fourth-order valence-electron chi connectivity index (χ4n) is 4.49. The first-order valence-corrected chi connectivity index (χ1v) is 7.59. The molecule has 0 radical (unpaired) electrons. The standard InChI is InChI=1S/C17H24O/c1-3-12-9-10-13-8-7-11(2)14-5-4-6-15(14)17(18)16(12)13/h4-5,7,12-16H,3,6,8-10H2,1-2H3/t12-,13+,14+,15+,16-/m0/s1. The largest absolute Gasteiger partial charge is 0.299 e. The van der Waals surface area contributed by atoms with E-state index in [1.165, 1.54) is 24.8 Å². The van der Waals surface area contributed by atoms with E-state index in [2.05, 4.69) is 32.1 Å². The smallest absolute Gasteiger partial charge is 0.140 e. The first-order valence-electron chi connectivity index (χ1n) is 7.59. The average Bonchev–Trinajstić information content (AvgIpc) is 3.00. The fraction of sp³-hybridized carbons (Fsp3) is 0.706. The second-order valence-electron chi connectivity index (χ2n) is 6.41. The summed E-state index contributed by atoms with van der Waals surface area (Å²) in [6, 6.07) is 0. The minimum absolute atomic E-state index is 0.265. The van der Waals surface area contributed by atoms with Crippen molar-refractivity contribution >= 4 is 5.78 Å². The van der Waals surface area contributed by atoms with Crippen LogP contribution in [0.4, 0.5) is 0 Å². The Morgan fingerprint density at radius 1 is 1.28 bits per heavy atom. The molecule has 3 aliphatic carbocycles. The lowest BCUT2D eigenvalue weighted by Crippen LogP contribution is -2.34. The molecular formula is C17H24O. The monoisotopic (exact) mass is 244 g/mol. The van der Waals surface area contributed by atoms with Crippen LogP contribution in [0.1, 0.15) is 46.0 Å². The molecule has 5 atom stereocenters. The third-order valence-corrected chi connectivity index (χ3v) is 5.58. The highest BCUT2D eigenvalue weighted by molar-refractivity contribution is 5.86. The zero-order chi connectivity index (χ0) is 12.7. The van der Waals surface area contributed by atoms with E-state index in [1.54, 1.807) is 0 Å². The van der Waals surface area contributed by atoms with Gasteiger partial charge in [0, 0.05) is 17.8 Å². The van der Waals surface area contributed by atoms with Gasteiger partial charge in [0.2, 0.25) is 0 Å². The number of Topliss-reactive ketones (excluding diaryl/α,β-unsaturated/α-hetero) is 1. The molecule has 18 heavy (non-hydrogen) atoms. The molecule has 1 saturated carbocycles. The summed E-state index contributed by atoms with van der Waals surface area (Å²) in [7, 11) is 0. The Hall–Kier alpha value is -0.850. The maximum absolute atomic E-state index is 12.9. The molecule has 98 valence electrons. The Morgan fingerprint density at radius 3 is 2.89 bits per heavy atom. The topological polar surface area (TPSA) is 17.1 Å². The molecule has 0 aromatic carbocycles. The predicted octanol–water partition coefficient (Wildman–Crippen LogP) is 4.15. The van der Waals surface area contributed by atoms with Gasteiger partial charge in [0.1, 0.15) is 5.78 Å². The van der Waals surface area contributed by atoms with Gasteiger partial charge < -0.3 is 0 Å². The molecule has 0 N–H and O–H groups in total. The van der Waals surface area contributed by atoms with Crippen LogP contribution in [-0.4, -0.2) is 5.78 Å². The third-order valence-electron chi connectivity index (χ3n) is 5.58. The van der Waals surface area contributed by atoms with Gasteiger partial charge in [-0.15, -0.1) is 0 Å². The quantitative estimate of drug-likeness (QED) is 0.633. The number of allylic oxidation sites excluding steroid dienone is 4. The number of carbonyl (C=O) groups is 1. The number of fused-ring (bicyclic) bond motifs is 2. The van der Waals surface area contributed by atoms with Gasteiger partial charge in [-0.25, -0.2) is 0 Å². The Balaban J connectivity index is 1.94. The molecule has 0 aliphatic heterocycles. The number of rotatable bonds is 1. The maximum atomic E-state index is 12.9. The van der Waals surface area contributed by atoms with E-state index in [1.807, 2.05) is 0 Å². The van der Waals surface area contributed by atoms with Crippen molar-refractivity contribution in [3.63, 3.8) is 0 Å². The van der Waals surface area contributed by atoms with Crippen LogP contribution in [0.15, 0.2) is 23.8 Å². The van der Waals surface area contributed by atoms with Crippen molar-refractivity contribution in [1.82, 2.24) is 0 Å². The molecule has 0 aromatic rings. The average molecular weight is 244 g/mol. The van der Waals surface area contributed by atoms with Crippen molar-refractivity contribution in [2.24, 2.45) is 29.6 Å². The summed E-state index contributed by atoms with van der Waals surface area (Å²) in [5.41, 5.74) is 1.43. The van der Waals surface area contributed by atoms with E-state index in [4.69, 9.17) is 0 Å². The number of ketones is 1. The van der Waals surface area contributed by atoms with Crippen LogP contribution in [0.2, 0.25) is 0 Å². The van der Waals surface area contributed by atoms with E-state index in [-0.39, 0.29) is 5.92 Å². The van der Waals surface area contributed by atoms with Gasteiger partial charge in [-0.1, -0.05) is 37.1 Å². The van der Waals surface area contributed by atoms with Crippen molar-refractivity contribution in [3.05, 3.63) is 23.8 Å². The highest BCUT2D eigenvalue weighted by Gasteiger charge is 2.45. The van der Waals surface area contributed by atoms with Gasteiger partial charge in [-0.3, -0.25) is 4.79 Å². The van der Waals surface area contributed by atoms with Crippen LogP contribution in [0, 0.1) is 29.6 Å². The van der Waals surface area contributed by atoms with E-state index >= 15 is 0 Å². The van der Waals surface area contributed by atoms with Crippen molar-refractivity contribution in [1.29, 1.82) is 0 Å². The van der Waals surface area contributed by atoms with Crippen LogP contribution in [0.5, 0.6) is 0 Å². The van der Waals surface area contributed by atoms with Crippen LogP contribution in [0.3, 0.4) is 0 Å². The van der Waals surface area contributed by atoms with Gasteiger partial charge in [-0.05, 0) is 44.4 Å². The lowest BCUT2D eigenvalue weighted by Gasteiger charge is -2.31. The lowest BCUT2D eigenvalue weighted by molar-refractivity contribution is -0.130. The summed E-state index contributed by atoms with van der Waals surface area (Å²) in [5, 5.41) is 0. The Morgan fingerprint density at radius 2 is 2.11 bits per heavy atom. The highest BCUT2D eigenvalue weighted by atomic mass is 16.1. The van der Waals surface area contributed by atoms with E-state index in [0.717, 1.165) is 12.8 Å². The van der Waals surface area contributed by atoms with E-state index in [9.17, 15) is 4.79 Å². The molecular weight excluding hydrogens is 220 g/mol. The number of hydrogen-bond donors (Lipinski definition) is 0. The summed E-state index contributed by atoms with van der Waals surface area (Å²) in [5.74, 6) is 2.94. The molecule has 0 heterocycles. The van der Waals surface area contributed by atoms with Crippen LogP contribution in [-0.2, 0) is 4.79 Å². The summed E-state index contributed by atoms with van der Waals surface area (Å²) >= 11 is 0. The van der Waals surface area contributed by atoms with Crippen LogP contribution in [0.25, 0.3) is 0 Å². The van der Waals surface area contributed by atoms with Gasteiger partial charge in [0.05, 0.1) is 0 Å². The molecule has 1 heteroatoms. The lowest BCUT2D eigenvalue weighted by atomic mass is 9.72. The summed E-state index contributed by atoms with van der Waals surface area (Å²) in [4.78, 5) is 12.9.